The minimum absolute atomic E-state index is 0.0350. The van der Waals surface area contributed by atoms with Gasteiger partial charge >= 0.3 is 0 Å². The molecule has 31 heavy (non-hydrogen) atoms. The zero-order chi connectivity index (χ0) is 22.5. The number of benzene rings is 1. The number of amides is 2. The number of aryl methyl sites for hydroxylation is 1. The second-order valence-corrected chi connectivity index (χ2v) is 7.59. The largest absolute Gasteiger partial charge is 0.454 e. The summed E-state index contributed by atoms with van der Waals surface area (Å²) in [6.07, 6.45) is 2.60. The summed E-state index contributed by atoms with van der Waals surface area (Å²) in [5.41, 5.74) is 0.178. The number of hydrogen-bond donors (Lipinski definition) is 3. The molecule has 0 spiro atoms. The molecule has 1 aliphatic rings. The fourth-order valence-electron chi connectivity index (χ4n) is 3.52. The molecule has 3 N–H and O–H groups in total. The van der Waals surface area contributed by atoms with E-state index in [0.29, 0.717) is 48.3 Å². The Morgan fingerprint density at radius 1 is 1.23 bits per heavy atom. The van der Waals surface area contributed by atoms with Crippen LogP contribution in [0.4, 0.5) is 0 Å². The number of rotatable bonds is 9. The average Bonchev–Trinajstić information content (AvgIpc) is 3.23. The number of carbonyl (C=O) groups is 2. The number of nitrogens with one attached hydrogen (secondary N) is 2. The summed E-state index contributed by atoms with van der Waals surface area (Å²) in [4.78, 5) is 38.8. The molecule has 0 aliphatic carbocycles. The molecule has 1 aromatic heterocycles. The summed E-state index contributed by atoms with van der Waals surface area (Å²) < 4.78 is 12.6. The van der Waals surface area contributed by atoms with Gasteiger partial charge in [0.1, 0.15) is 11.6 Å². The Kier molecular flexibility index (Phi) is 7.17. The SMILES string of the molecule is CCC(C)[C@H](NC(=O)c1cn(CC)c2cc3c(cc2c1=O)OCO3)C(=O)NCCCO. The number of pyridine rings is 1. The Labute approximate surface area is 180 Å². The van der Waals surface area contributed by atoms with Gasteiger partial charge in [0.05, 0.1) is 10.9 Å². The minimum Gasteiger partial charge on any atom is -0.454 e. The summed E-state index contributed by atoms with van der Waals surface area (Å²) in [5, 5.41) is 14.7. The zero-order valence-electron chi connectivity index (χ0n) is 18.1. The summed E-state index contributed by atoms with van der Waals surface area (Å²) in [7, 11) is 0. The molecule has 3 rings (SSSR count). The fourth-order valence-corrected chi connectivity index (χ4v) is 3.52. The molecule has 1 unspecified atom stereocenters. The quantitative estimate of drug-likeness (QED) is 0.517. The van der Waals surface area contributed by atoms with Crippen molar-refractivity contribution < 1.29 is 24.2 Å². The van der Waals surface area contributed by atoms with E-state index < -0.39 is 17.4 Å². The molecule has 0 saturated carbocycles. The van der Waals surface area contributed by atoms with Crippen molar-refractivity contribution in [2.24, 2.45) is 5.92 Å². The molecule has 0 radical (unpaired) electrons. The minimum atomic E-state index is -0.793. The van der Waals surface area contributed by atoms with Crippen LogP contribution in [0.15, 0.2) is 23.1 Å². The molecule has 0 saturated heterocycles. The predicted octanol–water partition coefficient (Wildman–Crippen LogP) is 1.39. The van der Waals surface area contributed by atoms with Crippen LogP contribution in [-0.4, -0.2) is 47.5 Å². The lowest BCUT2D eigenvalue weighted by atomic mass is 9.97. The first-order valence-corrected chi connectivity index (χ1v) is 10.6. The van der Waals surface area contributed by atoms with Gasteiger partial charge in [-0.15, -0.1) is 0 Å². The highest BCUT2D eigenvalue weighted by atomic mass is 16.7. The molecule has 2 atom stereocenters. The Hall–Kier alpha value is -3.07. The van der Waals surface area contributed by atoms with Gasteiger partial charge < -0.3 is 29.8 Å². The Bertz CT molecular complexity index is 1030. The highest BCUT2D eigenvalue weighted by Crippen LogP contribution is 2.35. The van der Waals surface area contributed by atoms with Gasteiger partial charge in [-0.3, -0.25) is 14.4 Å². The number of fused-ring (bicyclic) bond motifs is 2. The van der Waals surface area contributed by atoms with Crippen molar-refractivity contribution in [2.75, 3.05) is 19.9 Å². The topological polar surface area (TPSA) is 119 Å². The van der Waals surface area contributed by atoms with Crippen molar-refractivity contribution in [3.8, 4) is 11.5 Å². The van der Waals surface area contributed by atoms with Gasteiger partial charge in [-0.05, 0) is 25.3 Å². The van der Waals surface area contributed by atoms with Crippen molar-refractivity contribution in [3.05, 3.63) is 34.1 Å². The van der Waals surface area contributed by atoms with E-state index in [1.54, 1.807) is 16.7 Å². The number of aliphatic hydroxyl groups excluding tert-OH is 1. The van der Waals surface area contributed by atoms with Crippen LogP contribution < -0.4 is 25.5 Å². The van der Waals surface area contributed by atoms with E-state index in [1.807, 2.05) is 20.8 Å². The molecular formula is C22H29N3O6. The Morgan fingerprint density at radius 3 is 2.58 bits per heavy atom. The molecule has 2 heterocycles. The van der Waals surface area contributed by atoms with Crippen LogP contribution in [0.2, 0.25) is 0 Å². The van der Waals surface area contributed by atoms with Crippen molar-refractivity contribution in [3.63, 3.8) is 0 Å². The van der Waals surface area contributed by atoms with Gasteiger partial charge in [-0.25, -0.2) is 0 Å². The van der Waals surface area contributed by atoms with E-state index in [4.69, 9.17) is 14.6 Å². The van der Waals surface area contributed by atoms with Crippen LogP contribution in [-0.2, 0) is 11.3 Å². The van der Waals surface area contributed by atoms with E-state index in [-0.39, 0.29) is 30.8 Å². The van der Waals surface area contributed by atoms with Crippen molar-refractivity contribution in [1.82, 2.24) is 15.2 Å². The molecule has 168 valence electrons. The lowest BCUT2D eigenvalue weighted by molar-refractivity contribution is -0.124. The van der Waals surface area contributed by atoms with Crippen LogP contribution in [0, 0.1) is 5.92 Å². The molecule has 1 aromatic carbocycles. The highest BCUT2D eigenvalue weighted by molar-refractivity contribution is 6.00. The standard InChI is InChI=1S/C22H29N3O6/c1-4-13(3)19(22(29)23-7-6-8-26)24-21(28)15-11-25(5-2)16-10-18-17(30-12-31-18)9-14(16)20(15)27/h9-11,13,19,26H,4-8,12H2,1-3H3,(H,23,29)(H,24,28)/t13?,19-/m0/s1. The first-order valence-electron chi connectivity index (χ1n) is 10.6. The molecule has 2 aromatic rings. The number of nitrogens with zero attached hydrogens (tertiary/aromatic N) is 1. The van der Waals surface area contributed by atoms with Gasteiger partial charge in [0, 0.05) is 32.0 Å². The van der Waals surface area contributed by atoms with Crippen LogP contribution in [0.5, 0.6) is 11.5 Å². The van der Waals surface area contributed by atoms with Crippen molar-refractivity contribution >= 4 is 22.7 Å². The third-order valence-electron chi connectivity index (χ3n) is 5.58. The van der Waals surface area contributed by atoms with E-state index in [9.17, 15) is 14.4 Å². The number of hydrogen-bond acceptors (Lipinski definition) is 6. The predicted molar refractivity (Wildman–Crippen MR) is 115 cm³/mol. The zero-order valence-corrected chi connectivity index (χ0v) is 18.1. The average molecular weight is 431 g/mol. The lowest BCUT2D eigenvalue weighted by Gasteiger charge is -2.23. The highest BCUT2D eigenvalue weighted by Gasteiger charge is 2.28. The number of aliphatic hydroxyl groups is 1. The van der Waals surface area contributed by atoms with Crippen molar-refractivity contribution in [2.45, 2.75) is 46.2 Å². The van der Waals surface area contributed by atoms with Crippen LogP contribution in [0.3, 0.4) is 0 Å². The van der Waals surface area contributed by atoms with Gasteiger partial charge in [-0.1, -0.05) is 20.3 Å². The van der Waals surface area contributed by atoms with Crippen LogP contribution in [0.1, 0.15) is 44.0 Å². The molecule has 9 nitrogen and oxygen atoms in total. The third-order valence-corrected chi connectivity index (χ3v) is 5.58. The fraction of sp³-hybridized carbons (Fsp3) is 0.500. The van der Waals surface area contributed by atoms with Crippen LogP contribution in [0.25, 0.3) is 10.9 Å². The lowest BCUT2D eigenvalue weighted by Crippen LogP contribution is -2.51. The van der Waals surface area contributed by atoms with Crippen molar-refractivity contribution in [1.29, 1.82) is 0 Å². The first-order chi connectivity index (χ1) is 14.9. The Balaban J connectivity index is 1.95. The normalized spacial score (nSPS) is 14.3. The summed E-state index contributed by atoms with van der Waals surface area (Å²) >= 11 is 0. The van der Waals surface area contributed by atoms with E-state index in [0.717, 1.165) is 0 Å². The number of carbonyl (C=O) groups excluding carboxylic acids is 2. The number of ether oxygens (including phenoxy) is 2. The van der Waals surface area contributed by atoms with Gasteiger partial charge in [0.2, 0.25) is 18.1 Å². The molecular weight excluding hydrogens is 402 g/mol. The van der Waals surface area contributed by atoms with E-state index in [1.165, 1.54) is 6.20 Å². The van der Waals surface area contributed by atoms with Crippen LogP contribution >= 0.6 is 0 Å². The molecule has 0 bridgehead atoms. The summed E-state index contributed by atoms with van der Waals surface area (Å²) in [6, 6.07) is 2.54. The molecule has 2 amide bonds. The van der Waals surface area contributed by atoms with Gasteiger partial charge in [0.15, 0.2) is 11.5 Å². The monoisotopic (exact) mass is 431 g/mol. The maximum Gasteiger partial charge on any atom is 0.257 e. The Morgan fingerprint density at radius 2 is 1.94 bits per heavy atom. The summed E-state index contributed by atoms with van der Waals surface area (Å²) in [5.74, 6) is -0.0560. The first kappa shape index (κ1) is 22.6. The number of aromatic nitrogens is 1. The molecule has 1 aliphatic heterocycles. The van der Waals surface area contributed by atoms with Gasteiger partial charge in [0.25, 0.3) is 5.91 Å². The second-order valence-electron chi connectivity index (χ2n) is 7.59. The van der Waals surface area contributed by atoms with E-state index >= 15 is 0 Å². The molecule has 0 fully saturated rings. The smallest absolute Gasteiger partial charge is 0.257 e. The van der Waals surface area contributed by atoms with E-state index in [2.05, 4.69) is 10.6 Å². The molecule has 9 heteroatoms. The third kappa shape index (κ3) is 4.66. The maximum absolute atomic E-state index is 13.1. The van der Waals surface area contributed by atoms with Gasteiger partial charge in [-0.2, -0.15) is 0 Å². The summed E-state index contributed by atoms with van der Waals surface area (Å²) in [6.45, 7) is 6.59. The maximum atomic E-state index is 13.1. The second kappa shape index (κ2) is 9.82.